The van der Waals surface area contributed by atoms with Crippen LogP contribution in [0.5, 0.6) is 0 Å². The van der Waals surface area contributed by atoms with Crippen molar-refractivity contribution in [2.24, 2.45) is 17.3 Å². The van der Waals surface area contributed by atoms with Crippen LogP contribution in [0.3, 0.4) is 0 Å². The Labute approximate surface area is 90.9 Å². The molecule has 0 aromatic heterocycles. The Kier molecular flexibility index (Phi) is 4.78. The molecule has 0 radical (unpaired) electrons. The molecule has 0 aliphatic heterocycles. The van der Waals surface area contributed by atoms with Gasteiger partial charge in [-0.15, -0.1) is 0 Å². The van der Waals surface area contributed by atoms with E-state index < -0.39 is 23.3 Å². The van der Waals surface area contributed by atoms with Crippen LogP contribution in [0.4, 0.5) is 0 Å². The van der Waals surface area contributed by atoms with E-state index >= 15 is 0 Å². The van der Waals surface area contributed by atoms with E-state index in [0.29, 0.717) is 0 Å². The third kappa shape index (κ3) is 2.94. The van der Waals surface area contributed by atoms with Gasteiger partial charge in [0.15, 0.2) is 5.92 Å². The zero-order valence-corrected chi connectivity index (χ0v) is 10.3. The number of hydrogen-bond donors (Lipinski definition) is 0. The van der Waals surface area contributed by atoms with E-state index in [4.69, 9.17) is 0 Å². The lowest BCUT2D eigenvalue weighted by molar-refractivity contribution is -0.166. The normalized spacial score (nSPS) is 11.7. The molecule has 0 rings (SSSR count). The summed E-state index contributed by atoms with van der Waals surface area (Å²) >= 11 is 0. The van der Waals surface area contributed by atoms with Gasteiger partial charge < -0.3 is 9.47 Å². The van der Waals surface area contributed by atoms with Crippen molar-refractivity contribution >= 4 is 11.9 Å². The van der Waals surface area contributed by atoms with Gasteiger partial charge in [-0.25, -0.2) is 0 Å². The van der Waals surface area contributed by atoms with Crippen LogP contribution in [0.25, 0.3) is 0 Å². The average molecular weight is 216 g/mol. The third-order valence-corrected chi connectivity index (χ3v) is 3.11. The largest absolute Gasteiger partial charge is 0.468 e. The lowest BCUT2D eigenvalue weighted by Gasteiger charge is -2.34. The molecule has 0 unspecified atom stereocenters. The van der Waals surface area contributed by atoms with Crippen molar-refractivity contribution in [1.82, 2.24) is 0 Å². The molecule has 0 saturated carbocycles. The predicted octanol–water partition coefficient (Wildman–Crippen LogP) is 1.63. The van der Waals surface area contributed by atoms with E-state index in [1.807, 2.05) is 27.7 Å². The number of esters is 2. The standard InChI is InChI=1S/C11H20O4/c1-7(2)11(3,4)8(9(12)14-5)10(13)15-6/h7-8H,1-6H3. The summed E-state index contributed by atoms with van der Waals surface area (Å²) in [6, 6.07) is 0. The minimum Gasteiger partial charge on any atom is -0.468 e. The fraction of sp³-hybridized carbons (Fsp3) is 0.818. The Morgan fingerprint density at radius 2 is 1.33 bits per heavy atom. The zero-order valence-electron chi connectivity index (χ0n) is 10.3. The minimum atomic E-state index is -0.868. The second-order valence-electron chi connectivity index (χ2n) is 4.46. The highest BCUT2D eigenvalue weighted by Crippen LogP contribution is 2.36. The third-order valence-electron chi connectivity index (χ3n) is 3.11. The van der Waals surface area contributed by atoms with E-state index in [1.54, 1.807) is 0 Å². The second-order valence-corrected chi connectivity index (χ2v) is 4.46. The van der Waals surface area contributed by atoms with E-state index in [9.17, 15) is 9.59 Å². The molecular weight excluding hydrogens is 196 g/mol. The topological polar surface area (TPSA) is 52.6 Å². The van der Waals surface area contributed by atoms with Crippen LogP contribution in [0.1, 0.15) is 27.7 Å². The molecule has 0 aliphatic rings. The number of carbonyl (C=O) groups excluding carboxylic acids is 2. The van der Waals surface area contributed by atoms with Crippen LogP contribution < -0.4 is 0 Å². The monoisotopic (exact) mass is 216 g/mol. The van der Waals surface area contributed by atoms with Gasteiger partial charge in [0.2, 0.25) is 0 Å². The van der Waals surface area contributed by atoms with Gasteiger partial charge in [-0.1, -0.05) is 27.7 Å². The molecule has 0 aliphatic carbocycles. The summed E-state index contributed by atoms with van der Waals surface area (Å²) in [7, 11) is 2.54. The summed E-state index contributed by atoms with van der Waals surface area (Å²) in [5.74, 6) is -1.78. The van der Waals surface area contributed by atoms with Gasteiger partial charge in [-0.3, -0.25) is 9.59 Å². The van der Waals surface area contributed by atoms with E-state index in [0.717, 1.165) is 0 Å². The summed E-state index contributed by atoms with van der Waals surface area (Å²) in [5.41, 5.74) is -0.486. The molecule has 4 nitrogen and oxygen atoms in total. The van der Waals surface area contributed by atoms with E-state index in [1.165, 1.54) is 14.2 Å². The van der Waals surface area contributed by atoms with Gasteiger partial charge >= 0.3 is 11.9 Å². The molecule has 0 fully saturated rings. The molecule has 88 valence electrons. The van der Waals surface area contributed by atoms with Gasteiger partial charge in [-0.05, 0) is 11.3 Å². The Bertz CT molecular complexity index is 227. The van der Waals surface area contributed by atoms with Crippen molar-refractivity contribution in [2.75, 3.05) is 14.2 Å². The van der Waals surface area contributed by atoms with Gasteiger partial charge in [-0.2, -0.15) is 0 Å². The van der Waals surface area contributed by atoms with E-state index in [2.05, 4.69) is 9.47 Å². The van der Waals surface area contributed by atoms with Gasteiger partial charge in [0.25, 0.3) is 0 Å². The highest BCUT2D eigenvalue weighted by Gasteiger charge is 2.44. The quantitative estimate of drug-likeness (QED) is 0.529. The Morgan fingerprint density at radius 1 is 1.00 bits per heavy atom. The fourth-order valence-electron chi connectivity index (χ4n) is 1.27. The first kappa shape index (κ1) is 13.9. The van der Waals surface area contributed by atoms with Gasteiger partial charge in [0, 0.05) is 0 Å². The maximum atomic E-state index is 11.5. The van der Waals surface area contributed by atoms with Crippen LogP contribution in [-0.4, -0.2) is 26.2 Å². The molecule has 0 N–H and O–H groups in total. The van der Waals surface area contributed by atoms with Crippen LogP contribution in [0, 0.1) is 17.3 Å². The lowest BCUT2D eigenvalue weighted by Crippen LogP contribution is -2.41. The maximum Gasteiger partial charge on any atom is 0.320 e. The molecule has 0 saturated heterocycles. The lowest BCUT2D eigenvalue weighted by atomic mass is 9.70. The number of methoxy groups -OCH3 is 2. The molecular formula is C11H20O4. The average Bonchev–Trinajstić information content (AvgIpc) is 2.16. The van der Waals surface area contributed by atoms with Crippen LogP contribution in [-0.2, 0) is 19.1 Å². The van der Waals surface area contributed by atoms with Crippen molar-refractivity contribution < 1.29 is 19.1 Å². The number of rotatable bonds is 4. The molecule has 0 aromatic carbocycles. The van der Waals surface area contributed by atoms with Crippen molar-refractivity contribution in [1.29, 1.82) is 0 Å². The van der Waals surface area contributed by atoms with Crippen molar-refractivity contribution in [2.45, 2.75) is 27.7 Å². The van der Waals surface area contributed by atoms with E-state index in [-0.39, 0.29) is 5.92 Å². The maximum absolute atomic E-state index is 11.5. The van der Waals surface area contributed by atoms with Gasteiger partial charge in [0.1, 0.15) is 0 Å². The molecule has 4 heteroatoms. The summed E-state index contributed by atoms with van der Waals surface area (Å²) < 4.78 is 9.26. The Morgan fingerprint density at radius 3 is 1.53 bits per heavy atom. The molecule has 0 heterocycles. The minimum absolute atomic E-state index is 0.167. The van der Waals surface area contributed by atoms with Gasteiger partial charge in [0.05, 0.1) is 14.2 Å². The Balaban J connectivity index is 5.10. The molecule has 0 atom stereocenters. The van der Waals surface area contributed by atoms with Crippen molar-refractivity contribution in [3.8, 4) is 0 Å². The van der Waals surface area contributed by atoms with Crippen LogP contribution >= 0.6 is 0 Å². The first-order chi connectivity index (χ1) is 6.78. The Hall–Kier alpha value is -1.06. The molecule has 0 aromatic rings. The molecule has 15 heavy (non-hydrogen) atoms. The first-order valence-corrected chi connectivity index (χ1v) is 4.94. The highest BCUT2D eigenvalue weighted by molar-refractivity contribution is 5.95. The summed E-state index contributed by atoms with van der Waals surface area (Å²) in [4.78, 5) is 23.1. The van der Waals surface area contributed by atoms with Crippen molar-refractivity contribution in [3.63, 3.8) is 0 Å². The summed E-state index contributed by atoms with van der Waals surface area (Å²) in [5, 5.41) is 0. The van der Waals surface area contributed by atoms with Crippen molar-refractivity contribution in [3.05, 3.63) is 0 Å². The summed E-state index contributed by atoms with van der Waals surface area (Å²) in [6.07, 6.45) is 0. The summed E-state index contributed by atoms with van der Waals surface area (Å²) in [6.45, 7) is 7.63. The molecule has 0 amide bonds. The number of hydrogen-bond acceptors (Lipinski definition) is 4. The number of carbonyl (C=O) groups is 2. The highest BCUT2D eigenvalue weighted by atomic mass is 16.5. The first-order valence-electron chi connectivity index (χ1n) is 4.94. The predicted molar refractivity (Wildman–Crippen MR) is 56.1 cm³/mol. The second kappa shape index (κ2) is 5.14. The van der Waals surface area contributed by atoms with Crippen LogP contribution in [0.2, 0.25) is 0 Å². The smallest absolute Gasteiger partial charge is 0.320 e. The SMILES string of the molecule is COC(=O)C(C(=O)OC)C(C)(C)C(C)C. The molecule has 0 spiro atoms. The number of ether oxygens (including phenoxy) is 2. The van der Waals surface area contributed by atoms with Crippen LogP contribution in [0.15, 0.2) is 0 Å². The zero-order chi connectivity index (χ0) is 12.2. The molecule has 0 bridgehead atoms. The fourth-order valence-corrected chi connectivity index (χ4v) is 1.27.